The fourth-order valence-electron chi connectivity index (χ4n) is 2.02. The van der Waals surface area contributed by atoms with Crippen molar-refractivity contribution in [3.8, 4) is 11.5 Å². The van der Waals surface area contributed by atoms with E-state index in [1.807, 2.05) is 38.1 Å². The highest BCUT2D eigenvalue weighted by molar-refractivity contribution is 5.79. The zero-order chi connectivity index (χ0) is 17.4. The van der Waals surface area contributed by atoms with E-state index in [1.165, 1.54) is 0 Å². The summed E-state index contributed by atoms with van der Waals surface area (Å²) in [6.45, 7) is 5.41. The van der Waals surface area contributed by atoms with Crippen molar-refractivity contribution in [3.63, 3.8) is 0 Å². The summed E-state index contributed by atoms with van der Waals surface area (Å²) < 4.78 is 16.4. The number of benzene rings is 1. The van der Waals surface area contributed by atoms with E-state index >= 15 is 0 Å². The Morgan fingerprint density at radius 3 is 2.71 bits per heavy atom. The van der Waals surface area contributed by atoms with Gasteiger partial charge in [0.2, 0.25) is 5.89 Å². The number of hydrogen-bond donors (Lipinski definition) is 2. The van der Waals surface area contributed by atoms with Crippen LogP contribution in [-0.2, 0) is 6.54 Å². The Labute approximate surface area is 142 Å². The fraction of sp³-hybridized carbons (Fsp3) is 0.412. The topological polar surface area (TPSA) is 80.9 Å². The molecular weight excluding hydrogens is 308 g/mol. The van der Waals surface area contributed by atoms with E-state index in [9.17, 15) is 0 Å². The zero-order valence-corrected chi connectivity index (χ0v) is 14.5. The minimum absolute atomic E-state index is 0.477. The zero-order valence-electron chi connectivity index (χ0n) is 14.5. The molecule has 0 amide bonds. The maximum Gasteiger partial charge on any atom is 0.214 e. The van der Waals surface area contributed by atoms with Gasteiger partial charge in [0.25, 0.3) is 0 Å². The minimum atomic E-state index is 0.477. The molecule has 0 aliphatic carbocycles. The normalized spacial score (nSPS) is 11.2. The van der Waals surface area contributed by atoms with Gasteiger partial charge in [-0.15, -0.1) is 0 Å². The number of nitrogens with zero attached hydrogens (tertiary/aromatic N) is 2. The first-order valence-electron chi connectivity index (χ1n) is 7.76. The second-order valence-electron chi connectivity index (χ2n) is 5.13. The first-order chi connectivity index (χ1) is 11.6. The van der Waals surface area contributed by atoms with Gasteiger partial charge in [-0.1, -0.05) is 6.07 Å². The first-order valence-corrected chi connectivity index (χ1v) is 7.76. The SMILES string of the molecule is CN=C(NCCOc1cccc(OC)c1)NCc1nc(C)c(C)o1. The van der Waals surface area contributed by atoms with E-state index < -0.39 is 0 Å². The van der Waals surface area contributed by atoms with Crippen LogP contribution in [0, 0.1) is 13.8 Å². The standard InChI is InChI=1S/C17H24N4O3/c1-12-13(2)24-16(21-12)11-20-17(18-3)19-8-9-23-15-7-5-6-14(10-15)22-4/h5-7,10H,8-9,11H2,1-4H3,(H2,18,19,20). The van der Waals surface area contributed by atoms with Crippen molar-refractivity contribution < 1.29 is 13.9 Å². The summed E-state index contributed by atoms with van der Waals surface area (Å²) in [6.07, 6.45) is 0. The molecule has 0 bridgehead atoms. The summed E-state index contributed by atoms with van der Waals surface area (Å²) in [7, 11) is 3.34. The van der Waals surface area contributed by atoms with Crippen molar-refractivity contribution in [1.82, 2.24) is 15.6 Å². The number of aromatic nitrogens is 1. The van der Waals surface area contributed by atoms with Crippen LogP contribution in [-0.4, -0.2) is 38.3 Å². The molecule has 0 unspecified atom stereocenters. The monoisotopic (exact) mass is 332 g/mol. The Morgan fingerprint density at radius 2 is 2.04 bits per heavy atom. The lowest BCUT2D eigenvalue weighted by Crippen LogP contribution is -2.38. The van der Waals surface area contributed by atoms with E-state index in [-0.39, 0.29) is 0 Å². The molecule has 0 aliphatic heterocycles. The summed E-state index contributed by atoms with van der Waals surface area (Å²) in [4.78, 5) is 8.47. The minimum Gasteiger partial charge on any atom is -0.497 e. The predicted molar refractivity (Wildman–Crippen MR) is 92.7 cm³/mol. The molecule has 7 nitrogen and oxygen atoms in total. The van der Waals surface area contributed by atoms with Gasteiger partial charge in [-0.25, -0.2) is 4.98 Å². The highest BCUT2D eigenvalue weighted by atomic mass is 16.5. The molecule has 24 heavy (non-hydrogen) atoms. The molecule has 0 saturated heterocycles. The summed E-state index contributed by atoms with van der Waals surface area (Å²) in [5.74, 6) is 3.68. The molecule has 7 heteroatoms. The van der Waals surface area contributed by atoms with Gasteiger partial charge in [0.1, 0.15) is 23.9 Å². The maximum atomic E-state index is 5.67. The molecule has 0 aliphatic rings. The molecule has 0 radical (unpaired) electrons. The van der Waals surface area contributed by atoms with Gasteiger partial charge in [0.15, 0.2) is 5.96 Å². The summed E-state index contributed by atoms with van der Waals surface area (Å²) in [5, 5.41) is 6.32. The van der Waals surface area contributed by atoms with Crippen LogP contribution in [0.25, 0.3) is 0 Å². The van der Waals surface area contributed by atoms with Gasteiger partial charge in [-0.05, 0) is 26.0 Å². The highest BCUT2D eigenvalue weighted by Crippen LogP contribution is 2.18. The molecule has 1 aromatic carbocycles. The Hall–Kier alpha value is -2.70. The van der Waals surface area contributed by atoms with Crippen LogP contribution in [0.5, 0.6) is 11.5 Å². The molecule has 0 saturated carbocycles. The lowest BCUT2D eigenvalue weighted by molar-refractivity contribution is 0.319. The van der Waals surface area contributed by atoms with Crippen molar-refractivity contribution in [2.75, 3.05) is 27.3 Å². The lowest BCUT2D eigenvalue weighted by atomic mass is 10.3. The smallest absolute Gasteiger partial charge is 0.214 e. The number of oxazole rings is 1. The molecule has 0 atom stereocenters. The fourth-order valence-corrected chi connectivity index (χ4v) is 2.02. The summed E-state index contributed by atoms with van der Waals surface area (Å²) >= 11 is 0. The van der Waals surface area contributed by atoms with E-state index in [4.69, 9.17) is 13.9 Å². The number of ether oxygens (including phenoxy) is 2. The molecular formula is C17H24N4O3. The molecule has 1 aromatic heterocycles. The first kappa shape index (κ1) is 17.7. The van der Waals surface area contributed by atoms with Crippen LogP contribution in [0.2, 0.25) is 0 Å². The second-order valence-corrected chi connectivity index (χ2v) is 5.13. The van der Waals surface area contributed by atoms with E-state index in [1.54, 1.807) is 14.2 Å². The quantitative estimate of drug-likeness (QED) is 0.459. The van der Waals surface area contributed by atoms with Gasteiger partial charge in [-0.3, -0.25) is 4.99 Å². The Balaban J connectivity index is 1.71. The highest BCUT2D eigenvalue weighted by Gasteiger charge is 2.06. The molecule has 2 N–H and O–H groups in total. The van der Waals surface area contributed by atoms with Crippen molar-refractivity contribution >= 4 is 5.96 Å². The number of guanidine groups is 1. The Bertz CT molecular complexity index is 663. The molecule has 130 valence electrons. The third kappa shape index (κ3) is 5.19. The number of hydrogen-bond acceptors (Lipinski definition) is 5. The van der Waals surface area contributed by atoms with E-state index in [0.717, 1.165) is 23.0 Å². The summed E-state index contributed by atoms with van der Waals surface area (Å²) in [5.41, 5.74) is 0.904. The van der Waals surface area contributed by atoms with Crippen LogP contribution in [0.15, 0.2) is 33.7 Å². The van der Waals surface area contributed by atoms with Crippen LogP contribution in [0.4, 0.5) is 0 Å². The number of nitrogens with one attached hydrogen (secondary N) is 2. The van der Waals surface area contributed by atoms with Crippen LogP contribution in [0.1, 0.15) is 17.3 Å². The third-order valence-electron chi connectivity index (χ3n) is 3.41. The van der Waals surface area contributed by atoms with Gasteiger partial charge in [0.05, 0.1) is 25.9 Å². The second kappa shape index (κ2) is 8.81. The van der Waals surface area contributed by atoms with Crippen LogP contribution >= 0.6 is 0 Å². The average Bonchev–Trinajstić information content (AvgIpc) is 2.92. The van der Waals surface area contributed by atoms with Gasteiger partial charge in [0, 0.05) is 13.1 Å². The maximum absolute atomic E-state index is 5.67. The predicted octanol–water partition coefficient (Wildman–Crippen LogP) is 2.04. The Morgan fingerprint density at radius 1 is 1.25 bits per heavy atom. The van der Waals surface area contributed by atoms with Gasteiger partial charge >= 0.3 is 0 Å². The van der Waals surface area contributed by atoms with Crippen molar-refractivity contribution in [2.45, 2.75) is 20.4 Å². The summed E-state index contributed by atoms with van der Waals surface area (Å²) in [6, 6.07) is 7.51. The number of rotatable bonds is 7. The largest absolute Gasteiger partial charge is 0.497 e. The molecule has 2 aromatic rings. The third-order valence-corrected chi connectivity index (χ3v) is 3.41. The van der Waals surface area contributed by atoms with Gasteiger partial charge < -0.3 is 24.5 Å². The van der Waals surface area contributed by atoms with E-state index in [0.29, 0.717) is 31.5 Å². The number of methoxy groups -OCH3 is 1. The van der Waals surface area contributed by atoms with Gasteiger partial charge in [-0.2, -0.15) is 0 Å². The van der Waals surface area contributed by atoms with Crippen molar-refractivity contribution in [1.29, 1.82) is 0 Å². The average molecular weight is 332 g/mol. The Kier molecular flexibility index (Phi) is 6.48. The molecule has 1 heterocycles. The molecule has 0 spiro atoms. The lowest BCUT2D eigenvalue weighted by Gasteiger charge is -2.12. The van der Waals surface area contributed by atoms with Crippen molar-refractivity contribution in [2.24, 2.45) is 4.99 Å². The van der Waals surface area contributed by atoms with E-state index in [2.05, 4.69) is 20.6 Å². The number of aliphatic imine (C=N–C) groups is 1. The van der Waals surface area contributed by atoms with Crippen LogP contribution < -0.4 is 20.1 Å². The number of aryl methyl sites for hydroxylation is 2. The molecule has 0 fully saturated rings. The molecule has 2 rings (SSSR count). The van der Waals surface area contributed by atoms with Crippen LogP contribution in [0.3, 0.4) is 0 Å². The van der Waals surface area contributed by atoms with Crippen molar-refractivity contribution in [3.05, 3.63) is 41.6 Å².